The maximum atomic E-state index is 12.7. The number of amides is 1. The quantitative estimate of drug-likeness (QED) is 0.448. The van der Waals surface area contributed by atoms with E-state index in [1.807, 2.05) is 0 Å². The third-order valence-corrected chi connectivity index (χ3v) is 4.50. The highest BCUT2D eigenvalue weighted by molar-refractivity contribution is 6.39. The molecule has 0 atom stereocenters. The first-order chi connectivity index (χ1) is 14.3. The van der Waals surface area contributed by atoms with Gasteiger partial charge in [-0.15, -0.1) is 0 Å². The van der Waals surface area contributed by atoms with Gasteiger partial charge in [0.05, 0.1) is 17.2 Å². The molecule has 0 unspecified atom stereocenters. The van der Waals surface area contributed by atoms with E-state index in [1.54, 1.807) is 18.2 Å². The van der Waals surface area contributed by atoms with E-state index < -0.39 is 17.8 Å². The monoisotopic (exact) mass is 448 g/mol. The van der Waals surface area contributed by atoms with Gasteiger partial charge in [-0.3, -0.25) is 14.9 Å². The lowest BCUT2D eigenvalue weighted by Gasteiger charge is -2.07. The summed E-state index contributed by atoms with van der Waals surface area (Å²) in [5.74, 6) is -2.05. The van der Waals surface area contributed by atoms with E-state index in [-0.39, 0.29) is 44.1 Å². The molecular weight excluding hydrogens is 435 g/mol. The summed E-state index contributed by atoms with van der Waals surface area (Å²) in [5.41, 5.74) is 0.263. The summed E-state index contributed by atoms with van der Waals surface area (Å²) in [5, 5.41) is 6.77. The molecule has 30 heavy (non-hydrogen) atoms. The minimum Gasteiger partial charge on any atom is -0.465 e. The molecule has 10 heteroatoms. The highest BCUT2D eigenvalue weighted by atomic mass is 35.5. The van der Waals surface area contributed by atoms with Gasteiger partial charge in [-0.05, 0) is 30.3 Å². The molecule has 1 amide bonds. The Morgan fingerprint density at radius 3 is 2.37 bits per heavy atom. The minimum absolute atomic E-state index is 0.0152. The van der Waals surface area contributed by atoms with Crippen LogP contribution in [-0.4, -0.2) is 30.1 Å². The number of esters is 2. The van der Waals surface area contributed by atoms with Crippen molar-refractivity contribution in [1.82, 2.24) is 5.16 Å². The number of aromatic nitrogens is 1. The number of anilines is 1. The van der Waals surface area contributed by atoms with Gasteiger partial charge in [0.2, 0.25) is 5.88 Å². The number of nitrogens with one attached hydrogen (secondary N) is 1. The topological polar surface area (TPSA) is 108 Å². The summed E-state index contributed by atoms with van der Waals surface area (Å²) < 4.78 is 14.9. The maximum absolute atomic E-state index is 12.7. The zero-order valence-electron chi connectivity index (χ0n) is 15.7. The van der Waals surface area contributed by atoms with E-state index in [1.165, 1.54) is 38.3 Å². The predicted octanol–water partition coefficient (Wildman–Crippen LogP) is 4.61. The number of halogens is 2. The van der Waals surface area contributed by atoms with Crippen molar-refractivity contribution in [2.75, 3.05) is 12.4 Å². The predicted molar refractivity (Wildman–Crippen MR) is 109 cm³/mol. The molecule has 0 aliphatic heterocycles. The standard InChI is InChI=1S/C20H14Cl2N2O6/c1-10(25)29-12-6-3-5-11(9-12)18(26)23-19-16(20(27)28-2)17(24-30-19)15-13(21)7-4-8-14(15)22/h3-9H,1-2H3,(H,23,26). The molecular formula is C20H14Cl2N2O6. The summed E-state index contributed by atoms with van der Waals surface area (Å²) in [7, 11) is 1.17. The Kier molecular flexibility index (Phi) is 6.39. The Bertz CT molecular complexity index is 1120. The van der Waals surface area contributed by atoms with Crippen molar-refractivity contribution in [2.24, 2.45) is 0 Å². The van der Waals surface area contributed by atoms with E-state index in [4.69, 9.17) is 37.2 Å². The van der Waals surface area contributed by atoms with Crippen LogP contribution in [0.3, 0.4) is 0 Å². The van der Waals surface area contributed by atoms with E-state index in [0.717, 1.165) is 0 Å². The van der Waals surface area contributed by atoms with Crippen LogP contribution in [0.25, 0.3) is 11.3 Å². The van der Waals surface area contributed by atoms with Crippen LogP contribution in [0.2, 0.25) is 10.0 Å². The summed E-state index contributed by atoms with van der Waals surface area (Å²) in [6, 6.07) is 10.7. The smallest absolute Gasteiger partial charge is 0.345 e. The molecule has 0 saturated carbocycles. The van der Waals surface area contributed by atoms with Gasteiger partial charge in [-0.1, -0.05) is 40.5 Å². The molecule has 0 aliphatic rings. The molecule has 0 spiro atoms. The van der Waals surface area contributed by atoms with Gasteiger partial charge in [0.1, 0.15) is 11.4 Å². The molecule has 2 aromatic carbocycles. The summed E-state index contributed by atoms with van der Waals surface area (Å²) in [6.07, 6.45) is 0. The van der Waals surface area contributed by atoms with Crippen molar-refractivity contribution in [3.8, 4) is 17.0 Å². The minimum atomic E-state index is -0.814. The van der Waals surface area contributed by atoms with Crippen LogP contribution in [0.1, 0.15) is 27.6 Å². The molecule has 0 aliphatic carbocycles. The van der Waals surface area contributed by atoms with Crippen molar-refractivity contribution in [3.63, 3.8) is 0 Å². The number of hydrogen-bond donors (Lipinski definition) is 1. The van der Waals surface area contributed by atoms with Crippen LogP contribution in [0.15, 0.2) is 47.0 Å². The lowest BCUT2D eigenvalue weighted by molar-refractivity contribution is -0.131. The highest BCUT2D eigenvalue weighted by Gasteiger charge is 2.29. The van der Waals surface area contributed by atoms with Crippen molar-refractivity contribution in [1.29, 1.82) is 0 Å². The zero-order chi connectivity index (χ0) is 21.8. The van der Waals surface area contributed by atoms with E-state index >= 15 is 0 Å². The van der Waals surface area contributed by atoms with Crippen LogP contribution in [0, 0.1) is 0 Å². The molecule has 3 aromatic rings. The van der Waals surface area contributed by atoms with Gasteiger partial charge in [-0.2, -0.15) is 0 Å². The molecule has 0 fully saturated rings. The average Bonchev–Trinajstić information content (AvgIpc) is 3.10. The van der Waals surface area contributed by atoms with Crippen LogP contribution in [0.4, 0.5) is 5.88 Å². The number of rotatable bonds is 5. The molecule has 0 saturated heterocycles. The number of methoxy groups -OCH3 is 1. The Morgan fingerprint density at radius 1 is 1.07 bits per heavy atom. The average molecular weight is 449 g/mol. The number of nitrogens with zero attached hydrogens (tertiary/aromatic N) is 1. The molecule has 0 bridgehead atoms. The summed E-state index contributed by atoms with van der Waals surface area (Å²) in [6.45, 7) is 1.24. The summed E-state index contributed by atoms with van der Waals surface area (Å²) in [4.78, 5) is 36.2. The van der Waals surface area contributed by atoms with Gasteiger partial charge in [0.15, 0.2) is 5.56 Å². The van der Waals surface area contributed by atoms with Crippen molar-refractivity contribution in [2.45, 2.75) is 6.92 Å². The molecule has 0 radical (unpaired) electrons. The Balaban J connectivity index is 1.99. The third kappa shape index (κ3) is 4.45. The normalized spacial score (nSPS) is 10.4. The zero-order valence-corrected chi connectivity index (χ0v) is 17.2. The number of ether oxygens (including phenoxy) is 2. The molecule has 1 heterocycles. The van der Waals surface area contributed by atoms with Crippen LogP contribution in [-0.2, 0) is 9.53 Å². The van der Waals surface area contributed by atoms with Crippen LogP contribution in [0.5, 0.6) is 5.75 Å². The Labute approximate surface area is 180 Å². The SMILES string of the molecule is COC(=O)c1c(-c2c(Cl)cccc2Cl)noc1NC(=O)c1cccc(OC(C)=O)c1. The second kappa shape index (κ2) is 8.98. The molecule has 1 aromatic heterocycles. The molecule has 1 N–H and O–H groups in total. The largest absolute Gasteiger partial charge is 0.465 e. The second-order valence-electron chi connectivity index (χ2n) is 5.90. The number of carbonyl (C=O) groups is 3. The van der Waals surface area contributed by atoms with Gasteiger partial charge < -0.3 is 14.0 Å². The lowest BCUT2D eigenvalue weighted by Crippen LogP contribution is -2.15. The first kappa shape index (κ1) is 21.4. The van der Waals surface area contributed by atoms with E-state index in [2.05, 4.69) is 10.5 Å². The maximum Gasteiger partial charge on any atom is 0.345 e. The van der Waals surface area contributed by atoms with Crippen LogP contribution < -0.4 is 10.1 Å². The number of carbonyl (C=O) groups excluding carboxylic acids is 3. The number of benzene rings is 2. The first-order valence-electron chi connectivity index (χ1n) is 8.44. The fourth-order valence-electron chi connectivity index (χ4n) is 2.60. The van der Waals surface area contributed by atoms with Gasteiger partial charge in [0.25, 0.3) is 5.91 Å². The molecule has 3 rings (SSSR count). The Hall–Kier alpha value is -3.36. The van der Waals surface area contributed by atoms with Crippen molar-refractivity contribution < 1.29 is 28.4 Å². The van der Waals surface area contributed by atoms with Crippen molar-refractivity contribution >= 4 is 46.9 Å². The number of hydrogen-bond acceptors (Lipinski definition) is 7. The highest BCUT2D eigenvalue weighted by Crippen LogP contribution is 2.38. The third-order valence-electron chi connectivity index (χ3n) is 3.87. The molecule has 154 valence electrons. The molecule has 8 nitrogen and oxygen atoms in total. The van der Waals surface area contributed by atoms with E-state index in [9.17, 15) is 14.4 Å². The second-order valence-corrected chi connectivity index (χ2v) is 6.71. The van der Waals surface area contributed by atoms with Gasteiger partial charge >= 0.3 is 11.9 Å². The Morgan fingerprint density at radius 2 is 1.73 bits per heavy atom. The fourth-order valence-corrected chi connectivity index (χ4v) is 3.18. The first-order valence-corrected chi connectivity index (χ1v) is 9.19. The fraction of sp³-hybridized carbons (Fsp3) is 0.100. The van der Waals surface area contributed by atoms with E-state index in [0.29, 0.717) is 0 Å². The van der Waals surface area contributed by atoms with Crippen molar-refractivity contribution in [3.05, 3.63) is 63.6 Å². The lowest BCUT2D eigenvalue weighted by atomic mass is 10.1. The van der Waals surface area contributed by atoms with Gasteiger partial charge in [0, 0.05) is 18.1 Å². The van der Waals surface area contributed by atoms with Gasteiger partial charge in [-0.25, -0.2) is 4.79 Å². The summed E-state index contributed by atoms with van der Waals surface area (Å²) >= 11 is 12.4. The van der Waals surface area contributed by atoms with Crippen LogP contribution >= 0.6 is 23.2 Å².